The molecule has 0 saturated carbocycles. The van der Waals surface area contributed by atoms with Gasteiger partial charge in [0, 0.05) is 24.2 Å². The molecule has 0 bridgehead atoms. The second-order valence-corrected chi connectivity index (χ2v) is 11.8. The summed E-state index contributed by atoms with van der Waals surface area (Å²) in [5.74, 6) is -0.585. The Morgan fingerprint density at radius 3 is 1.12 bits per heavy atom. The lowest BCUT2D eigenvalue weighted by atomic mass is 9.87. The second kappa shape index (κ2) is 14.9. The van der Waals surface area contributed by atoms with E-state index in [9.17, 15) is 19.2 Å². The van der Waals surface area contributed by atoms with Crippen molar-refractivity contribution >= 4 is 35.3 Å². The Hall–Kier alpha value is -4.08. The minimum absolute atomic E-state index is 0.0244. The van der Waals surface area contributed by atoms with Crippen molar-refractivity contribution in [2.75, 3.05) is 10.6 Å². The van der Waals surface area contributed by atoms with Gasteiger partial charge in [0.1, 0.15) is 0 Å². The summed E-state index contributed by atoms with van der Waals surface area (Å²) in [7, 11) is 0. The molecule has 40 heavy (non-hydrogen) atoms. The topological polar surface area (TPSA) is 140 Å². The van der Waals surface area contributed by atoms with Gasteiger partial charge in [-0.3, -0.25) is 20.4 Å². The number of hydrogen-bond acceptors (Lipinski definition) is 4. The third-order valence-electron chi connectivity index (χ3n) is 6.21. The minimum atomic E-state index is -0.524. The van der Waals surface area contributed by atoms with Crippen LogP contribution in [-0.2, 0) is 20.4 Å². The summed E-state index contributed by atoms with van der Waals surface area (Å²) < 4.78 is 0. The van der Waals surface area contributed by atoms with Crippen LogP contribution in [0.1, 0.15) is 91.2 Å². The highest BCUT2D eigenvalue weighted by Crippen LogP contribution is 2.24. The quantitative estimate of drug-likeness (QED) is 0.177. The number of urea groups is 2. The largest absolute Gasteiger partial charge is 0.337 e. The standard InChI is InChI=1S/C30H44N6O4/c1-29(2,3)21-13-17-23(18-14-21)31-27(39)35-33-25(37)11-9-7-8-10-12-26(38)34-36-28(40)32-24-19-15-22(16-20-24)30(4,5)6/h13-20H,7-12H2,1-6H3,(H,33,37)(H,34,38)(H2,31,35,39)(H2,32,36,40). The normalized spacial score (nSPS) is 11.2. The second-order valence-electron chi connectivity index (χ2n) is 11.8. The van der Waals surface area contributed by atoms with Crippen molar-refractivity contribution in [2.24, 2.45) is 0 Å². The molecule has 2 rings (SSSR count). The van der Waals surface area contributed by atoms with Crippen molar-refractivity contribution in [1.29, 1.82) is 0 Å². The van der Waals surface area contributed by atoms with Crippen LogP contribution in [0.3, 0.4) is 0 Å². The van der Waals surface area contributed by atoms with Crippen molar-refractivity contribution < 1.29 is 19.2 Å². The first-order chi connectivity index (χ1) is 18.7. The Balaban J connectivity index is 1.51. The van der Waals surface area contributed by atoms with Gasteiger partial charge in [0.25, 0.3) is 0 Å². The number of benzene rings is 2. The third-order valence-corrected chi connectivity index (χ3v) is 6.21. The molecular weight excluding hydrogens is 508 g/mol. The number of carbonyl (C=O) groups excluding carboxylic acids is 4. The maximum absolute atomic E-state index is 12.0. The summed E-state index contributed by atoms with van der Waals surface area (Å²) in [5, 5.41) is 5.35. The molecular formula is C30H44N6O4. The first kappa shape index (κ1) is 32.1. The van der Waals surface area contributed by atoms with Crippen molar-refractivity contribution in [1.82, 2.24) is 21.7 Å². The smallest absolute Gasteiger partial charge is 0.307 e. The first-order valence-electron chi connectivity index (χ1n) is 13.7. The highest BCUT2D eigenvalue weighted by molar-refractivity contribution is 5.91. The SMILES string of the molecule is CC(C)(C)c1ccc(NC(=O)NNC(=O)CCCCCCC(=O)NNC(=O)Nc2ccc(C(C)(C)C)cc2)cc1. The Labute approximate surface area is 237 Å². The minimum Gasteiger partial charge on any atom is -0.307 e. The predicted molar refractivity (Wildman–Crippen MR) is 159 cm³/mol. The molecule has 10 nitrogen and oxygen atoms in total. The van der Waals surface area contributed by atoms with Crippen LogP contribution in [0.4, 0.5) is 21.0 Å². The van der Waals surface area contributed by atoms with E-state index in [1.807, 2.05) is 48.5 Å². The Morgan fingerprint density at radius 1 is 0.500 bits per heavy atom. The van der Waals surface area contributed by atoms with E-state index in [1.54, 1.807) is 0 Å². The lowest BCUT2D eigenvalue weighted by Crippen LogP contribution is -2.43. The number of nitrogens with one attached hydrogen (secondary N) is 6. The fraction of sp³-hybridized carbons (Fsp3) is 0.467. The van der Waals surface area contributed by atoms with Crippen LogP contribution in [0, 0.1) is 0 Å². The Morgan fingerprint density at radius 2 is 0.825 bits per heavy atom. The highest BCUT2D eigenvalue weighted by Gasteiger charge is 2.14. The molecule has 0 aromatic heterocycles. The van der Waals surface area contributed by atoms with Crippen LogP contribution in [0.15, 0.2) is 48.5 Å². The molecule has 0 radical (unpaired) electrons. The maximum atomic E-state index is 12.0. The number of hydrazine groups is 2. The summed E-state index contributed by atoms with van der Waals surface area (Å²) in [6.45, 7) is 12.7. The van der Waals surface area contributed by atoms with Crippen LogP contribution in [-0.4, -0.2) is 23.9 Å². The van der Waals surface area contributed by atoms with Gasteiger partial charge in [-0.15, -0.1) is 0 Å². The summed E-state index contributed by atoms with van der Waals surface area (Å²) >= 11 is 0. The van der Waals surface area contributed by atoms with E-state index in [2.05, 4.69) is 73.9 Å². The van der Waals surface area contributed by atoms with Gasteiger partial charge in [-0.1, -0.05) is 78.6 Å². The molecule has 10 heteroatoms. The molecule has 6 amide bonds. The van der Waals surface area contributed by atoms with Crippen LogP contribution in [0.5, 0.6) is 0 Å². The van der Waals surface area contributed by atoms with E-state index in [0.717, 1.165) is 24.0 Å². The van der Waals surface area contributed by atoms with Gasteiger partial charge in [-0.25, -0.2) is 20.4 Å². The van der Waals surface area contributed by atoms with E-state index in [0.29, 0.717) is 24.2 Å². The molecule has 2 aromatic rings. The van der Waals surface area contributed by atoms with E-state index in [-0.39, 0.29) is 35.5 Å². The van der Waals surface area contributed by atoms with Crippen molar-refractivity contribution in [2.45, 2.75) is 90.9 Å². The molecule has 0 saturated heterocycles. The average molecular weight is 553 g/mol. The monoisotopic (exact) mass is 552 g/mol. The summed E-state index contributed by atoms with van der Waals surface area (Å²) in [5.41, 5.74) is 13.1. The Kier molecular flexibility index (Phi) is 12.0. The molecule has 0 unspecified atom stereocenters. The molecule has 0 aliphatic carbocycles. The number of rotatable bonds is 9. The summed E-state index contributed by atoms with van der Waals surface area (Å²) in [4.78, 5) is 48.0. The number of unbranched alkanes of at least 4 members (excludes halogenated alkanes) is 3. The van der Waals surface area contributed by atoms with Gasteiger partial charge in [-0.2, -0.15) is 0 Å². The molecule has 0 aliphatic heterocycles. The molecule has 0 heterocycles. The van der Waals surface area contributed by atoms with Gasteiger partial charge in [0.2, 0.25) is 11.8 Å². The summed E-state index contributed by atoms with van der Waals surface area (Å²) in [6.07, 6.45) is 3.27. The fourth-order valence-corrected chi connectivity index (χ4v) is 3.73. The zero-order valence-electron chi connectivity index (χ0n) is 24.5. The first-order valence-corrected chi connectivity index (χ1v) is 13.7. The lowest BCUT2D eigenvalue weighted by molar-refractivity contribution is -0.122. The summed E-state index contributed by atoms with van der Waals surface area (Å²) in [6, 6.07) is 14.1. The fourth-order valence-electron chi connectivity index (χ4n) is 3.73. The van der Waals surface area contributed by atoms with E-state index in [1.165, 1.54) is 0 Å². The molecule has 6 N–H and O–H groups in total. The van der Waals surface area contributed by atoms with Gasteiger partial charge in [0.15, 0.2) is 0 Å². The maximum Gasteiger partial charge on any atom is 0.337 e. The molecule has 0 atom stereocenters. The predicted octanol–water partition coefficient (Wildman–Crippen LogP) is 5.63. The van der Waals surface area contributed by atoms with Crippen LogP contribution >= 0.6 is 0 Å². The lowest BCUT2D eigenvalue weighted by Gasteiger charge is -2.19. The molecule has 0 spiro atoms. The Bertz CT molecular complexity index is 1040. The van der Waals surface area contributed by atoms with Crippen LogP contribution in [0.2, 0.25) is 0 Å². The molecule has 0 aliphatic rings. The third kappa shape index (κ3) is 12.2. The number of carbonyl (C=O) groups is 4. The van der Waals surface area contributed by atoms with Crippen molar-refractivity contribution in [3.63, 3.8) is 0 Å². The van der Waals surface area contributed by atoms with Crippen LogP contribution < -0.4 is 32.3 Å². The van der Waals surface area contributed by atoms with Gasteiger partial charge < -0.3 is 10.6 Å². The van der Waals surface area contributed by atoms with Crippen LogP contribution in [0.25, 0.3) is 0 Å². The van der Waals surface area contributed by atoms with Gasteiger partial charge in [0.05, 0.1) is 0 Å². The van der Waals surface area contributed by atoms with E-state index >= 15 is 0 Å². The van der Waals surface area contributed by atoms with Gasteiger partial charge >= 0.3 is 12.1 Å². The molecule has 218 valence electrons. The highest BCUT2D eigenvalue weighted by atomic mass is 16.2. The number of amides is 6. The van der Waals surface area contributed by atoms with Gasteiger partial charge in [-0.05, 0) is 59.1 Å². The zero-order chi connectivity index (χ0) is 29.8. The van der Waals surface area contributed by atoms with Crippen molar-refractivity contribution in [3.05, 3.63) is 59.7 Å². The molecule has 2 aromatic carbocycles. The zero-order valence-corrected chi connectivity index (χ0v) is 24.5. The number of anilines is 2. The van der Waals surface area contributed by atoms with E-state index < -0.39 is 12.1 Å². The van der Waals surface area contributed by atoms with E-state index in [4.69, 9.17) is 0 Å². The number of hydrogen-bond donors (Lipinski definition) is 6. The molecule has 0 fully saturated rings. The average Bonchev–Trinajstić information content (AvgIpc) is 2.88. The van der Waals surface area contributed by atoms with Crippen molar-refractivity contribution in [3.8, 4) is 0 Å².